The summed E-state index contributed by atoms with van der Waals surface area (Å²) < 4.78 is 0. The van der Waals surface area contributed by atoms with Gasteiger partial charge >= 0.3 is 0 Å². The number of aliphatic hydroxyl groups is 1. The van der Waals surface area contributed by atoms with E-state index in [-0.39, 0.29) is 6.61 Å². The Balaban J connectivity index is 1.66. The van der Waals surface area contributed by atoms with Gasteiger partial charge in [0.15, 0.2) is 0 Å². The molecule has 21 heavy (non-hydrogen) atoms. The highest BCUT2D eigenvalue weighted by molar-refractivity contribution is 7.10. The molecule has 1 heterocycles. The molecule has 1 saturated carbocycles. The van der Waals surface area contributed by atoms with Gasteiger partial charge in [-0.3, -0.25) is 0 Å². The van der Waals surface area contributed by atoms with Crippen molar-refractivity contribution in [2.75, 3.05) is 0 Å². The van der Waals surface area contributed by atoms with E-state index in [2.05, 4.69) is 35.0 Å². The Morgan fingerprint density at radius 2 is 1.81 bits per heavy atom. The predicted octanol–water partition coefficient (Wildman–Crippen LogP) is 4.26. The van der Waals surface area contributed by atoms with Crippen LogP contribution in [0, 0.1) is 5.92 Å². The smallest absolute Gasteiger partial charge is 0.0681 e. The van der Waals surface area contributed by atoms with Gasteiger partial charge in [-0.25, -0.2) is 0 Å². The van der Waals surface area contributed by atoms with Crippen molar-refractivity contribution >= 4 is 11.3 Å². The molecule has 1 fully saturated rings. The third-order valence-electron chi connectivity index (χ3n) is 4.45. The summed E-state index contributed by atoms with van der Waals surface area (Å²) >= 11 is 1.86. The maximum Gasteiger partial charge on any atom is 0.0681 e. The zero-order valence-electron chi connectivity index (χ0n) is 12.3. The van der Waals surface area contributed by atoms with Crippen molar-refractivity contribution in [2.45, 2.75) is 44.9 Å². The van der Waals surface area contributed by atoms with Gasteiger partial charge in [0, 0.05) is 17.5 Å². The van der Waals surface area contributed by atoms with Crippen LogP contribution in [0.3, 0.4) is 0 Å². The summed E-state index contributed by atoms with van der Waals surface area (Å²) in [5.41, 5.74) is 2.26. The van der Waals surface area contributed by atoms with Gasteiger partial charge in [-0.15, -0.1) is 11.3 Å². The van der Waals surface area contributed by atoms with Crippen LogP contribution in [0.1, 0.15) is 47.7 Å². The topological polar surface area (TPSA) is 32.3 Å². The van der Waals surface area contributed by atoms with Crippen molar-refractivity contribution < 1.29 is 5.11 Å². The Hall–Kier alpha value is -1.16. The first kappa shape index (κ1) is 14.8. The lowest BCUT2D eigenvalue weighted by molar-refractivity contribution is 0.282. The molecule has 1 aliphatic rings. The zero-order chi connectivity index (χ0) is 14.5. The molecule has 112 valence electrons. The summed E-state index contributed by atoms with van der Waals surface area (Å²) in [5.74, 6) is 0.778. The van der Waals surface area contributed by atoms with E-state index in [4.69, 9.17) is 5.11 Å². The molecule has 0 saturated heterocycles. The Morgan fingerprint density at radius 3 is 2.43 bits per heavy atom. The fourth-order valence-corrected chi connectivity index (χ4v) is 4.14. The third kappa shape index (κ3) is 3.73. The molecule has 1 atom stereocenters. The van der Waals surface area contributed by atoms with Crippen molar-refractivity contribution in [3.05, 3.63) is 57.8 Å². The second-order valence-corrected chi connectivity index (χ2v) is 6.87. The average molecular weight is 301 g/mol. The van der Waals surface area contributed by atoms with Gasteiger partial charge in [-0.05, 0) is 41.3 Å². The number of hydrogen-bond acceptors (Lipinski definition) is 3. The van der Waals surface area contributed by atoms with Gasteiger partial charge in [-0.2, -0.15) is 0 Å². The number of benzene rings is 1. The molecule has 1 aromatic carbocycles. The second-order valence-electron chi connectivity index (χ2n) is 5.89. The maximum atomic E-state index is 9.10. The van der Waals surface area contributed by atoms with Crippen LogP contribution < -0.4 is 5.32 Å². The highest BCUT2D eigenvalue weighted by atomic mass is 32.1. The summed E-state index contributed by atoms with van der Waals surface area (Å²) in [7, 11) is 0. The molecule has 2 N–H and O–H groups in total. The minimum atomic E-state index is 0.119. The minimum absolute atomic E-state index is 0.119. The zero-order valence-corrected chi connectivity index (χ0v) is 13.1. The van der Waals surface area contributed by atoms with Gasteiger partial charge < -0.3 is 10.4 Å². The molecule has 0 radical (unpaired) electrons. The van der Waals surface area contributed by atoms with Crippen LogP contribution in [0.5, 0.6) is 0 Å². The minimum Gasteiger partial charge on any atom is -0.392 e. The molecule has 0 bridgehead atoms. The van der Waals surface area contributed by atoms with Crippen LogP contribution >= 0.6 is 11.3 Å². The fourth-order valence-electron chi connectivity index (χ4n) is 3.25. The van der Waals surface area contributed by atoms with E-state index in [9.17, 15) is 0 Å². The molecular formula is C18H23NOS. The Morgan fingerprint density at radius 1 is 1.10 bits per heavy atom. The number of aliphatic hydroxyl groups excluding tert-OH is 1. The van der Waals surface area contributed by atoms with E-state index in [0.29, 0.717) is 6.04 Å². The molecule has 0 amide bonds. The van der Waals surface area contributed by atoms with Gasteiger partial charge in [0.25, 0.3) is 0 Å². The van der Waals surface area contributed by atoms with E-state index in [1.54, 1.807) is 0 Å². The van der Waals surface area contributed by atoms with Gasteiger partial charge in [0.1, 0.15) is 0 Å². The molecule has 1 unspecified atom stereocenters. The molecular weight excluding hydrogens is 278 g/mol. The molecule has 2 aromatic rings. The van der Waals surface area contributed by atoms with Crippen molar-refractivity contribution in [3.8, 4) is 0 Å². The maximum absolute atomic E-state index is 9.10. The molecule has 3 heteroatoms. The van der Waals surface area contributed by atoms with Gasteiger partial charge in [-0.1, -0.05) is 43.2 Å². The Labute approximate surface area is 130 Å². The molecule has 2 nitrogen and oxygen atoms in total. The summed E-state index contributed by atoms with van der Waals surface area (Å²) in [4.78, 5) is 1.47. The van der Waals surface area contributed by atoms with Gasteiger partial charge in [0.2, 0.25) is 0 Å². The van der Waals surface area contributed by atoms with E-state index >= 15 is 0 Å². The van der Waals surface area contributed by atoms with E-state index in [1.807, 2.05) is 23.5 Å². The predicted molar refractivity (Wildman–Crippen MR) is 88.2 cm³/mol. The first-order valence-corrected chi connectivity index (χ1v) is 8.70. The van der Waals surface area contributed by atoms with Crippen LogP contribution in [0.4, 0.5) is 0 Å². The normalized spacial score (nSPS) is 17.2. The highest BCUT2D eigenvalue weighted by Gasteiger charge is 2.26. The monoisotopic (exact) mass is 301 g/mol. The molecule has 0 aliphatic heterocycles. The van der Waals surface area contributed by atoms with Gasteiger partial charge in [0.05, 0.1) is 6.61 Å². The van der Waals surface area contributed by atoms with E-state index < -0.39 is 0 Å². The standard InChI is InChI=1S/C18H23NOS/c20-13-15-9-7-14(8-10-15)12-19-18(16-4-1-2-5-16)17-6-3-11-21-17/h3,6-11,16,18-20H,1-2,4-5,12-13H2. The molecule has 3 rings (SSSR count). The van der Waals surface area contributed by atoms with Crippen LogP contribution in [0.2, 0.25) is 0 Å². The summed E-state index contributed by atoms with van der Waals surface area (Å²) in [6.07, 6.45) is 5.44. The van der Waals surface area contributed by atoms with Crippen LogP contribution in [-0.4, -0.2) is 5.11 Å². The van der Waals surface area contributed by atoms with Crippen LogP contribution in [0.25, 0.3) is 0 Å². The second kappa shape index (κ2) is 7.21. The number of thiophene rings is 1. The molecule has 1 aliphatic carbocycles. The van der Waals surface area contributed by atoms with Crippen molar-refractivity contribution in [2.24, 2.45) is 5.92 Å². The summed E-state index contributed by atoms with van der Waals surface area (Å²) in [5, 5.41) is 15.0. The van der Waals surface area contributed by atoms with Crippen LogP contribution in [0.15, 0.2) is 41.8 Å². The van der Waals surface area contributed by atoms with Crippen LogP contribution in [-0.2, 0) is 13.2 Å². The van der Waals surface area contributed by atoms with E-state index in [0.717, 1.165) is 18.0 Å². The Kier molecular flexibility index (Phi) is 5.07. The largest absolute Gasteiger partial charge is 0.392 e. The first-order valence-electron chi connectivity index (χ1n) is 7.82. The van der Waals surface area contributed by atoms with Crippen molar-refractivity contribution in [1.82, 2.24) is 5.32 Å². The van der Waals surface area contributed by atoms with E-state index in [1.165, 1.54) is 36.1 Å². The first-order chi connectivity index (χ1) is 10.4. The fraction of sp³-hybridized carbons (Fsp3) is 0.444. The lowest BCUT2D eigenvalue weighted by Crippen LogP contribution is -2.26. The SMILES string of the molecule is OCc1ccc(CNC(c2cccs2)C2CCCC2)cc1. The Bertz CT molecular complexity index is 529. The lowest BCUT2D eigenvalue weighted by Gasteiger charge is -2.24. The molecule has 1 aromatic heterocycles. The quantitative estimate of drug-likeness (QED) is 0.835. The molecule has 0 spiro atoms. The number of rotatable bonds is 6. The number of hydrogen-bond donors (Lipinski definition) is 2. The van der Waals surface area contributed by atoms with Crippen molar-refractivity contribution in [1.29, 1.82) is 0 Å². The highest BCUT2D eigenvalue weighted by Crippen LogP contribution is 2.37. The average Bonchev–Trinajstić information content (AvgIpc) is 3.22. The lowest BCUT2D eigenvalue weighted by atomic mass is 9.96. The summed E-state index contributed by atoms with van der Waals surface area (Å²) in [6.45, 7) is 1.01. The van der Waals surface area contributed by atoms with Crippen molar-refractivity contribution in [3.63, 3.8) is 0 Å². The number of nitrogens with one attached hydrogen (secondary N) is 1. The summed E-state index contributed by atoms with van der Waals surface area (Å²) in [6, 6.07) is 13.1. The third-order valence-corrected chi connectivity index (χ3v) is 5.41.